The number of benzene rings is 1. The molecule has 3 rings (SSSR count). The van der Waals surface area contributed by atoms with Crippen molar-refractivity contribution in [2.24, 2.45) is 0 Å². The van der Waals surface area contributed by atoms with Gasteiger partial charge in [-0.2, -0.15) is 9.97 Å². The van der Waals surface area contributed by atoms with Crippen LogP contribution in [-0.4, -0.2) is 32.7 Å². The van der Waals surface area contributed by atoms with Crippen molar-refractivity contribution in [1.29, 1.82) is 0 Å². The first kappa shape index (κ1) is 15.1. The molecule has 23 heavy (non-hydrogen) atoms. The maximum absolute atomic E-state index is 10.8. The molecule has 2 aromatic rings. The monoisotopic (exact) mass is 314 g/mol. The van der Waals surface area contributed by atoms with Gasteiger partial charge in [0.15, 0.2) is 0 Å². The van der Waals surface area contributed by atoms with E-state index in [1.807, 2.05) is 12.1 Å². The van der Waals surface area contributed by atoms with Gasteiger partial charge in [0.25, 0.3) is 0 Å². The lowest BCUT2D eigenvalue weighted by Gasteiger charge is -2.10. The van der Waals surface area contributed by atoms with E-state index >= 15 is 0 Å². The summed E-state index contributed by atoms with van der Waals surface area (Å²) in [6.45, 7) is 0.707. The van der Waals surface area contributed by atoms with Gasteiger partial charge in [-0.25, -0.2) is 4.79 Å². The Labute approximate surface area is 133 Å². The number of aryl methyl sites for hydroxylation is 1. The highest BCUT2D eigenvalue weighted by Crippen LogP contribution is 2.38. The number of aromatic carboxylic acids is 1. The van der Waals surface area contributed by atoms with Crippen LogP contribution in [0.3, 0.4) is 0 Å². The van der Waals surface area contributed by atoms with Crippen LogP contribution in [0, 0.1) is 0 Å². The van der Waals surface area contributed by atoms with Crippen molar-refractivity contribution >= 4 is 17.7 Å². The summed E-state index contributed by atoms with van der Waals surface area (Å²) in [5.74, 6) is -0.129. The average molecular weight is 314 g/mol. The van der Waals surface area contributed by atoms with Gasteiger partial charge in [0, 0.05) is 12.5 Å². The first-order chi connectivity index (χ1) is 11.0. The zero-order chi connectivity index (χ0) is 16.4. The highest BCUT2D eigenvalue weighted by atomic mass is 16.4. The smallest absolute Gasteiger partial charge is 0.335 e. The Bertz CT molecular complexity index is 731. The summed E-state index contributed by atoms with van der Waals surface area (Å²) < 4.78 is 0. The van der Waals surface area contributed by atoms with Gasteiger partial charge in [0.1, 0.15) is 5.82 Å². The SMILES string of the molecule is Nc1nc(O)c2c(n1)NCC2CCCc1ccc(C(=O)O)cc1. The minimum Gasteiger partial charge on any atom is -0.493 e. The summed E-state index contributed by atoms with van der Waals surface area (Å²) in [4.78, 5) is 18.7. The van der Waals surface area contributed by atoms with Crippen LogP contribution >= 0.6 is 0 Å². The zero-order valence-electron chi connectivity index (χ0n) is 12.5. The number of carboxylic acids is 1. The summed E-state index contributed by atoms with van der Waals surface area (Å²) >= 11 is 0. The van der Waals surface area contributed by atoms with E-state index in [4.69, 9.17) is 10.8 Å². The predicted octanol–water partition coefficient (Wildman–Crippen LogP) is 1.99. The van der Waals surface area contributed by atoms with Gasteiger partial charge < -0.3 is 21.3 Å². The maximum atomic E-state index is 10.8. The van der Waals surface area contributed by atoms with Crippen LogP contribution in [0.25, 0.3) is 0 Å². The molecular weight excluding hydrogens is 296 g/mol. The van der Waals surface area contributed by atoms with Crippen molar-refractivity contribution in [3.05, 3.63) is 41.0 Å². The Hall–Kier alpha value is -2.83. The summed E-state index contributed by atoms with van der Waals surface area (Å²) in [7, 11) is 0. The van der Waals surface area contributed by atoms with E-state index in [2.05, 4.69) is 15.3 Å². The van der Waals surface area contributed by atoms with Crippen LogP contribution in [0.15, 0.2) is 24.3 Å². The average Bonchev–Trinajstić information content (AvgIpc) is 2.91. The van der Waals surface area contributed by atoms with Crippen molar-refractivity contribution in [1.82, 2.24) is 9.97 Å². The maximum Gasteiger partial charge on any atom is 0.335 e. The fraction of sp³-hybridized carbons (Fsp3) is 0.312. The van der Waals surface area contributed by atoms with E-state index in [0.29, 0.717) is 17.9 Å². The molecule has 0 saturated carbocycles. The molecule has 0 aliphatic carbocycles. The van der Waals surface area contributed by atoms with Gasteiger partial charge in [0.2, 0.25) is 11.8 Å². The standard InChI is InChI=1S/C16H18N4O3/c17-16-19-13-12(14(21)20-16)11(8-18-13)3-1-2-9-4-6-10(7-5-9)15(22)23/h4-7,11H,1-3,8H2,(H,22,23)(H4,17,18,19,20,21). The third kappa shape index (κ3) is 3.18. The number of fused-ring (bicyclic) bond motifs is 1. The molecule has 1 aromatic carbocycles. The number of aromatic hydroxyl groups is 1. The van der Waals surface area contributed by atoms with Crippen molar-refractivity contribution in [3.8, 4) is 5.88 Å². The molecule has 0 fully saturated rings. The van der Waals surface area contributed by atoms with Crippen LogP contribution in [-0.2, 0) is 6.42 Å². The van der Waals surface area contributed by atoms with Gasteiger partial charge in [-0.15, -0.1) is 0 Å². The number of rotatable bonds is 5. The lowest BCUT2D eigenvalue weighted by molar-refractivity contribution is 0.0697. The molecule has 0 spiro atoms. The fourth-order valence-electron chi connectivity index (χ4n) is 2.92. The molecule has 0 saturated heterocycles. The fourth-order valence-corrected chi connectivity index (χ4v) is 2.92. The number of nitrogens with zero attached hydrogens (tertiary/aromatic N) is 2. The van der Waals surface area contributed by atoms with E-state index in [0.717, 1.165) is 30.4 Å². The largest absolute Gasteiger partial charge is 0.493 e. The second-order valence-electron chi connectivity index (χ2n) is 5.64. The number of nitrogen functional groups attached to an aromatic ring is 1. The number of carbonyl (C=O) groups is 1. The quantitative estimate of drug-likeness (QED) is 0.666. The predicted molar refractivity (Wildman–Crippen MR) is 85.7 cm³/mol. The van der Waals surface area contributed by atoms with Crippen molar-refractivity contribution in [2.45, 2.75) is 25.2 Å². The molecule has 1 aromatic heterocycles. The first-order valence-electron chi connectivity index (χ1n) is 7.47. The van der Waals surface area contributed by atoms with E-state index in [-0.39, 0.29) is 17.7 Å². The summed E-state index contributed by atoms with van der Waals surface area (Å²) in [5, 5.41) is 22.0. The molecule has 5 N–H and O–H groups in total. The van der Waals surface area contributed by atoms with Crippen molar-refractivity contribution in [2.75, 3.05) is 17.6 Å². The van der Waals surface area contributed by atoms with Crippen LogP contribution < -0.4 is 11.1 Å². The molecule has 0 bridgehead atoms. The number of nitrogens with one attached hydrogen (secondary N) is 1. The van der Waals surface area contributed by atoms with E-state index in [9.17, 15) is 9.90 Å². The molecule has 1 atom stereocenters. The first-order valence-corrected chi connectivity index (χ1v) is 7.47. The Kier molecular flexibility index (Phi) is 4.01. The molecule has 120 valence electrons. The van der Waals surface area contributed by atoms with E-state index < -0.39 is 5.97 Å². The molecule has 2 heterocycles. The van der Waals surface area contributed by atoms with Gasteiger partial charge in [0.05, 0.1) is 11.1 Å². The number of hydrogen-bond donors (Lipinski definition) is 4. The molecule has 7 nitrogen and oxygen atoms in total. The zero-order valence-corrected chi connectivity index (χ0v) is 12.5. The Morgan fingerprint density at radius 3 is 2.74 bits per heavy atom. The molecule has 1 unspecified atom stereocenters. The Morgan fingerprint density at radius 2 is 2.04 bits per heavy atom. The van der Waals surface area contributed by atoms with Crippen LogP contribution in [0.1, 0.15) is 40.2 Å². The topological polar surface area (TPSA) is 121 Å². The van der Waals surface area contributed by atoms with Crippen LogP contribution in [0.4, 0.5) is 11.8 Å². The lowest BCUT2D eigenvalue weighted by Crippen LogP contribution is -2.03. The molecule has 7 heteroatoms. The summed E-state index contributed by atoms with van der Waals surface area (Å²) in [5.41, 5.74) is 7.65. The third-order valence-electron chi connectivity index (χ3n) is 4.09. The number of anilines is 2. The Balaban J connectivity index is 1.60. The minimum atomic E-state index is -0.917. The van der Waals surface area contributed by atoms with Gasteiger partial charge in [-0.3, -0.25) is 0 Å². The molecule has 1 aliphatic heterocycles. The van der Waals surface area contributed by atoms with E-state index in [1.165, 1.54) is 0 Å². The number of nitrogens with two attached hydrogens (primary N) is 1. The van der Waals surface area contributed by atoms with Crippen LogP contribution in [0.2, 0.25) is 0 Å². The summed E-state index contributed by atoms with van der Waals surface area (Å²) in [6.07, 6.45) is 2.64. The second kappa shape index (κ2) is 6.12. The summed E-state index contributed by atoms with van der Waals surface area (Å²) in [6, 6.07) is 6.91. The molecule has 0 amide bonds. The number of hydrogen-bond acceptors (Lipinski definition) is 6. The Morgan fingerprint density at radius 1 is 1.30 bits per heavy atom. The third-order valence-corrected chi connectivity index (χ3v) is 4.09. The number of carboxylic acid groups (broad SMARTS) is 1. The number of aromatic nitrogens is 2. The second-order valence-corrected chi connectivity index (χ2v) is 5.64. The van der Waals surface area contributed by atoms with Crippen LogP contribution in [0.5, 0.6) is 5.88 Å². The molecular formula is C16H18N4O3. The molecule has 0 radical (unpaired) electrons. The normalized spacial score (nSPS) is 15.9. The van der Waals surface area contributed by atoms with Gasteiger partial charge in [-0.1, -0.05) is 12.1 Å². The minimum absolute atomic E-state index is 0.0479. The molecule has 1 aliphatic rings. The van der Waals surface area contributed by atoms with Gasteiger partial charge >= 0.3 is 5.97 Å². The highest BCUT2D eigenvalue weighted by Gasteiger charge is 2.27. The van der Waals surface area contributed by atoms with Crippen molar-refractivity contribution < 1.29 is 15.0 Å². The van der Waals surface area contributed by atoms with E-state index in [1.54, 1.807) is 12.1 Å². The lowest BCUT2D eigenvalue weighted by atomic mass is 9.95. The van der Waals surface area contributed by atoms with Gasteiger partial charge in [-0.05, 0) is 37.0 Å². The highest BCUT2D eigenvalue weighted by molar-refractivity contribution is 5.87. The van der Waals surface area contributed by atoms with Crippen molar-refractivity contribution in [3.63, 3.8) is 0 Å².